The molecule has 0 bridgehead atoms. The topological polar surface area (TPSA) is 0 Å². The van der Waals surface area contributed by atoms with Gasteiger partial charge in [-0.15, -0.1) is 0 Å². The predicted molar refractivity (Wildman–Crippen MR) is 101 cm³/mol. The highest BCUT2D eigenvalue weighted by molar-refractivity contribution is 5.48. The lowest BCUT2D eigenvalue weighted by molar-refractivity contribution is -0.138. The Hall–Kier alpha value is -3.64. The first kappa shape index (κ1) is 21.1. The molecular weight excluding hydrogens is 402 g/mol. The summed E-state index contributed by atoms with van der Waals surface area (Å²) < 4.78 is 75.3. The van der Waals surface area contributed by atoms with Gasteiger partial charge in [0.15, 0.2) is 0 Å². The summed E-state index contributed by atoms with van der Waals surface area (Å²) >= 11 is 0. The van der Waals surface area contributed by atoms with E-state index in [1.165, 1.54) is 24.3 Å². The molecule has 0 spiro atoms. The average molecular weight is 414 g/mol. The van der Waals surface area contributed by atoms with Crippen LogP contribution in [0.2, 0.25) is 0 Å². The molecule has 6 heteroatoms. The van der Waals surface area contributed by atoms with Crippen LogP contribution in [0.4, 0.5) is 26.3 Å². The summed E-state index contributed by atoms with van der Waals surface area (Å²) in [5, 5.41) is 0. The zero-order chi connectivity index (χ0) is 21.8. The number of halogens is 6. The van der Waals surface area contributed by atoms with E-state index in [0.29, 0.717) is 22.3 Å². The fourth-order valence-electron chi connectivity index (χ4n) is 2.41. The largest absolute Gasteiger partial charge is 0.416 e. The van der Waals surface area contributed by atoms with E-state index in [4.69, 9.17) is 0 Å². The fraction of sp³-hybridized carbons (Fsp3) is 0.0833. The van der Waals surface area contributed by atoms with Crippen LogP contribution in [0, 0.1) is 23.7 Å². The molecule has 3 aromatic carbocycles. The van der Waals surface area contributed by atoms with Gasteiger partial charge in [-0.3, -0.25) is 0 Å². The molecule has 0 N–H and O–H groups in total. The lowest BCUT2D eigenvalue weighted by Gasteiger charge is -2.05. The average Bonchev–Trinajstić information content (AvgIpc) is 2.71. The molecule has 30 heavy (non-hydrogen) atoms. The second kappa shape index (κ2) is 8.39. The third-order valence-corrected chi connectivity index (χ3v) is 4.01. The van der Waals surface area contributed by atoms with Gasteiger partial charge in [0.2, 0.25) is 0 Å². The summed E-state index contributed by atoms with van der Waals surface area (Å²) in [5.74, 6) is 11.3. The van der Waals surface area contributed by atoms with Crippen LogP contribution in [0.3, 0.4) is 0 Å². The summed E-state index contributed by atoms with van der Waals surface area (Å²) in [6.45, 7) is 0. The quantitative estimate of drug-likeness (QED) is 0.290. The van der Waals surface area contributed by atoms with Gasteiger partial charge in [0.05, 0.1) is 11.1 Å². The fourth-order valence-corrected chi connectivity index (χ4v) is 2.41. The van der Waals surface area contributed by atoms with E-state index in [1.54, 1.807) is 24.3 Å². The molecule has 0 heterocycles. The number of alkyl halides is 6. The predicted octanol–water partition coefficient (Wildman–Crippen LogP) is 6.52. The van der Waals surface area contributed by atoms with Gasteiger partial charge >= 0.3 is 12.4 Å². The first-order valence-electron chi connectivity index (χ1n) is 8.60. The molecule has 3 aromatic rings. The molecular formula is C24H12F6. The standard InChI is InChI=1S/C24H12F6/c25-23(26,27)21-13-9-19(10-14-21)7-5-17-1-2-18(4-3-17)6-8-20-11-15-22(16-12-20)24(28,29)30/h1-4,9-16H. The summed E-state index contributed by atoms with van der Waals surface area (Å²) in [6, 6.07) is 15.9. The minimum absolute atomic E-state index is 0.453. The van der Waals surface area contributed by atoms with Gasteiger partial charge in [0, 0.05) is 22.3 Å². The van der Waals surface area contributed by atoms with E-state index in [2.05, 4.69) is 23.7 Å². The molecule has 0 aliphatic rings. The van der Waals surface area contributed by atoms with Crippen molar-refractivity contribution in [3.63, 3.8) is 0 Å². The Kier molecular flexibility index (Phi) is 5.89. The molecule has 0 aliphatic carbocycles. The number of hydrogen-bond donors (Lipinski definition) is 0. The zero-order valence-electron chi connectivity index (χ0n) is 15.2. The van der Waals surface area contributed by atoms with Gasteiger partial charge in [-0.25, -0.2) is 0 Å². The first-order valence-corrected chi connectivity index (χ1v) is 8.60. The van der Waals surface area contributed by atoms with Crippen LogP contribution in [0.1, 0.15) is 33.4 Å². The van der Waals surface area contributed by atoms with E-state index in [0.717, 1.165) is 24.3 Å². The van der Waals surface area contributed by atoms with Crippen LogP contribution in [0.5, 0.6) is 0 Å². The van der Waals surface area contributed by atoms with E-state index in [9.17, 15) is 26.3 Å². The summed E-state index contributed by atoms with van der Waals surface area (Å²) in [4.78, 5) is 0. The number of hydrogen-bond acceptors (Lipinski definition) is 0. The Labute approximate surface area is 169 Å². The molecule has 0 saturated carbocycles. The third-order valence-electron chi connectivity index (χ3n) is 4.01. The van der Waals surface area contributed by atoms with Crippen LogP contribution < -0.4 is 0 Å². The highest BCUT2D eigenvalue weighted by Gasteiger charge is 2.30. The van der Waals surface area contributed by atoms with E-state index < -0.39 is 23.5 Å². The molecule has 0 amide bonds. The normalized spacial score (nSPS) is 11.1. The number of rotatable bonds is 0. The van der Waals surface area contributed by atoms with Crippen molar-refractivity contribution in [1.82, 2.24) is 0 Å². The van der Waals surface area contributed by atoms with E-state index in [1.807, 2.05) is 0 Å². The van der Waals surface area contributed by atoms with E-state index in [-0.39, 0.29) is 0 Å². The molecule has 0 atom stereocenters. The van der Waals surface area contributed by atoms with Crippen molar-refractivity contribution in [2.45, 2.75) is 12.4 Å². The lowest BCUT2D eigenvalue weighted by atomic mass is 10.1. The van der Waals surface area contributed by atoms with E-state index >= 15 is 0 Å². The monoisotopic (exact) mass is 414 g/mol. The van der Waals surface area contributed by atoms with Gasteiger partial charge in [-0.05, 0) is 72.8 Å². The minimum atomic E-state index is -4.39. The highest BCUT2D eigenvalue weighted by Crippen LogP contribution is 2.29. The highest BCUT2D eigenvalue weighted by atomic mass is 19.4. The maximum atomic E-state index is 12.6. The van der Waals surface area contributed by atoms with Crippen molar-refractivity contribution in [1.29, 1.82) is 0 Å². The lowest BCUT2D eigenvalue weighted by Crippen LogP contribution is -2.04. The molecule has 0 saturated heterocycles. The maximum Gasteiger partial charge on any atom is 0.416 e. The first-order chi connectivity index (χ1) is 14.1. The van der Waals surface area contributed by atoms with Crippen LogP contribution in [0.25, 0.3) is 0 Å². The van der Waals surface area contributed by atoms with Gasteiger partial charge in [0.1, 0.15) is 0 Å². The Morgan fingerprint density at radius 3 is 0.767 bits per heavy atom. The molecule has 0 aromatic heterocycles. The van der Waals surface area contributed by atoms with Crippen LogP contribution >= 0.6 is 0 Å². The Balaban J connectivity index is 1.68. The number of benzene rings is 3. The van der Waals surface area contributed by atoms with Crippen molar-refractivity contribution < 1.29 is 26.3 Å². The second-order valence-electron chi connectivity index (χ2n) is 6.23. The van der Waals surface area contributed by atoms with Crippen molar-refractivity contribution in [2.24, 2.45) is 0 Å². The van der Waals surface area contributed by atoms with Gasteiger partial charge < -0.3 is 0 Å². The van der Waals surface area contributed by atoms with Crippen LogP contribution in [-0.2, 0) is 12.4 Å². The minimum Gasteiger partial charge on any atom is -0.166 e. The van der Waals surface area contributed by atoms with Crippen molar-refractivity contribution in [3.05, 3.63) is 106 Å². The summed E-state index contributed by atoms with van der Waals surface area (Å²) in [7, 11) is 0. The molecule has 0 fully saturated rings. The molecule has 0 nitrogen and oxygen atoms in total. The van der Waals surface area contributed by atoms with Crippen molar-refractivity contribution in [3.8, 4) is 23.7 Å². The smallest absolute Gasteiger partial charge is 0.166 e. The molecule has 0 radical (unpaired) electrons. The Morgan fingerprint density at radius 2 is 0.567 bits per heavy atom. The van der Waals surface area contributed by atoms with Crippen molar-refractivity contribution in [2.75, 3.05) is 0 Å². The Bertz CT molecular complexity index is 1030. The molecule has 0 unspecified atom stereocenters. The third kappa shape index (κ3) is 5.68. The Morgan fingerprint density at radius 1 is 0.367 bits per heavy atom. The van der Waals surface area contributed by atoms with Gasteiger partial charge in [0.25, 0.3) is 0 Å². The maximum absolute atomic E-state index is 12.6. The summed E-state index contributed by atoms with van der Waals surface area (Å²) in [5.41, 5.74) is 0.737. The molecule has 3 rings (SSSR count). The SMILES string of the molecule is FC(F)(F)c1ccc(C#Cc2ccc(C#Cc3ccc(C(F)(F)F)cc3)cc2)cc1. The zero-order valence-corrected chi connectivity index (χ0v) is 15.2. The van der Waals surface area contributed by atoms with Crippen LogP contribution in [-0.4, -0.2) is 0 Å². The molecule has 0 aliphatic heterocycles. The molecule has 150 valence electrons. The van der Waals surface area contributed by atoms with Gasteiger partial charge in [-0.2, -0.15) is 26.3 Å². The van der Waals surface area contributed by atoms with Gasteiger partial charge in [-0.1, -0.05) is 23.7 Å². The second-order valence-corrected chi connectivity index (χ2v) is 6.23. The van der Waals surface area contributed by atoms with Crippen molar-refractivity contribution >= 4 is 0 Å². The summed E-state index contributed by atoms with van der Waals surface area (Å²) in [6.07, 6.45) is -8.77. The van der Waals surface area contributed by atoms with Crippen LogP contribution in [0.15, 0.2) is 72.8 Å².